The molecule has 0 radical (unpaired) electrons. The van der Waals surface area contributed by atoms with Crippen LogP contribution in [0, 0.1) is 5.41 Å². The maximum Gasteiger partial charge on any atom is 0.0752 e. The van der Waals surface area contributed by atoms with Crippen LogP contribution in [0.25, 0.3) is 0 Å². The fourth-order valence-electron chi connectivity index (χ4n) is 3.63. The van der Waals surface area contributed by atoms with Gasteiger partial charge in [0.2, 0.25) is 0 Å². The molecule has 16 heavy (non-hydrogen) atoms. The molecule has 0 aromatic carbocycles. The van der Waals surface area contributed by atoms with Gasteiger partial charge in [-0.3, -0.25) is 0 Å². The van der Waals surface area contributed by atoms with Gasteiger partial charge in [-0.25, -0.2) is 0 Å². The summed E-state index contributed by atoms with van der Waals surface area (Å²) in [5.41, 5.74) is -1.00. The number of rotatable bonds is 4. The average molecular weight is 227 g/mol. The summed E-state index contributed by atoms with van der Waals surface area (Å²) in [5, 5.41) is 24.1. The lowest BCUT2D eigenvalue weighted by Crippen LogP contribution is -2.58. The van der Waals surface area contributed by atoms with Crippen LogP contribution in [0.5, 0.6) is 0 Å². The molecule has 94 valence electrons. The molecule has 2 saturated heterocycles. The third-order valence-electron chi connectivity index (χ3n) is 4.78. The van der Waals surface area contributed by atoms with Gasteiger partial charge < -0.3 is 15.5 Å². The van der Waals surface area contributed by atoms with E-state index >= 15 is 0 Å². The first-order valence-corrected chi connectivity index (χ1v) is 6.62. The second-order valence-electron chi connectivity index (χ2n) is 6.05. The van der Waals surface area contributed by atoms with Crippen molar-refractivity contribution < 1.29 is 10.2 Å². The van der Waals surface area contributed by atoms with Gasteiger partial charge in [-0.15, -0.1) is 0 Å². The van der Waals surface area contributed by atoms with Crippen molar-refractivity contribution in [2.24, 2.45) is 5.41 Å². The maximum atomic E-state index is 10.9. The van der Waals surface area contributed by atoms with E-state index < -0.39 is 5.60 Å². The first-order chi connectivity index (χ1) is 7.53. The van der Waals surface area contributed by atoms with Gasteiger partial charge in [-0.05, 0) is 32.1 Å². The molecule has 0 spiro atoms. The summed E-state index contributed by atoms with van der Waals surface area (Å²) in [6.45, 7) is 4.25. The number of hydrogen-bond donors (Lipinski definition) is 3. The Kier molecular flexibility index (Phi) is 3.30. The van der Waals surface area contributed by atoms with Crippen molar-refractivity contribution in [2.75, 3.05) is 6.61 Å². The van der Waals surface area contributed by atoms with E-state index in [2.05, 4.69) is 12.2 Å². The van der Waals surface area contributed by atoms with Crippen LogP contribution < -0.4 is 5.32 Å². The van der Waals surface area contributed by atoms with Crippen LogP contribution in [0.15, 0.2) is 0 Å². The van der Waals surface area contributed by atoms with E-state index in [9.17, 15) is 10.2 Å². The molecule has 0 aromatic rings. The van der Waals surface area contributed by atoms with Crippen molar-refractivity contribution in [3.05, 3.63) is 0 Å². The average Bonchev–Trinajstić information content (AvgIpc) is 2.58. The lowest BCUT2D eigenvalue weighted by molar-refractivity contribution is -0.131. The number of nitrogens with one attached hydrogen (secondary N) is 1. The van der Waals surface area contributed by atoms with Crippen LogP contribution in [0.2, 0.25) is 0 Å². The zero-order chi connectivity index (χ0) is 11.8. The Hall–Kier alpha value is -0.120. The molecule has 0 aromatic heterocycles. The van der Waals surface area contributed by atoms with Gasteiger partial charge in [0.1, 0.15) is 0 Å². The zero-order valence-corrected chi connectivity index (χ0v) is 10.5. The van der Waals surface area contributed by atoms with Gasteiger partial charge in [0.15, 0.2) is 0 Å². The van der Waals surface area contributed by atoms with Gasteiger partial charge in [-0.1, -0.05) is 20.3 Å². The van der Waals surface area contributed by atoms with Gasteiger partial charge in [0.05, 0.1) is 12.2 Å². The van der Waals surface area contributed by atoms with Gasteiger partial charge >= 0.3 is 0 Å². The van der Waals surface area contributed by atoms with Crippen LogP contribution in [-0.4, -0.2) is 34.5 Å². The molecule has 3 atom stereocenters. The van der Waals surface area contributed by atoms with Crippen LogP contribution in [0.1, 0.15) is 52.4 Å². The lowest BCUT2D eigenvalue weighted by atomic mass is 9.65. The summed E-state index contributed by atoms with van der Waals surface area (Å²) < 4.78 is 0. The number of fused-ring (bicyclic) bond motifs is 2. The first kappa shape index (κ1) is 12.3. The molecule has 2 fully saturated rings. The Morgan fingerprint density at radius 1 is 1.31 bits per heavy atom. The van der Waals surface area contributed by atoms with Gasteiger partial charge in [0, 0.05) is 17.5 Å². The largest absolute Gasteiger partial charge is 0.396 e. The predicted molar refractivity (Wildman–Crippen MR) is 64.2 cm³/mol. The van der Waals surface area contributed by atoms with Crippen LogP contribution in [0.4, 0.5) is 0 Å². The Bertz CT molecular complexity index is 244. The van der Waals surface area contributed by atoms with E-state index in [4.69, 9.17) is 0 Å². The fraction of sp³-hybridized carbons (Fsp3) is 1.00. The van der Waals surface area contributed by atoms with Crippen LogP contribution in [-0.2, 0) is 0 Å². The van der Waals surface area contributed by atoms with Crippen molar-refractivity contribution >= 4 is 0 Å². The van der Waals surface area contributed by atoms with Crippen LogP contribution >= 0.6 is 0 Å². The second kappa shape index (κ2) is 4.28. The van der Waals surface area contributed by atoms with E-state index in [0.29, 0.717) is 12.1 Å². The van der Waals surface area contributed by atoms with Crippen molar-refractivity contribution in [1.82, 2.24) is 5.32 Å². The maximum absolute atomic E-state index is 10.9. The van der Waals surface area contributed by atoms with Crippen molar-refractivity contribution in [3.8, 4) is 0 Å². The summed E-state index contributed by atoms with van der Waals surface area (Å²) in [7, 11) is 0. The Morgan fingerprint density at radius 2 is 1.88 bits per heavy atom. The Labute approximate surface area is 98.2 Å². The molecule has 2 aliphatic heterocycles. The molecule has 2 bridgehead atoms. The number of piperidine rings is 1. The molecule has 3 unspecified atom stereocenters. The van der Waals surface area contributed by atoms with Gasteiger partial charge in [0.25, 0.3) is 0 Å². The van der Waals surface area contributed by atoms with Crippen LogP contribution in [0.3, 0.4) is 0 Å². The highest BCUT2D eigenvalue weighted by atomic mass is 16.3. The molecular formula is C13H25NO2. The summed E-state index contributed by atoms with van der Waals surface area (Å²) in [6.07, 6.45) is 5.89. The number of aliphatic hydroxyl groups excluding tert-OH is 1. The molecule has 2 rings (SSSR count). The minimum absolute atomic E-state index is 0.0940. The first-order valence-electron chi connectivity index (χ1n) is 6.62. The minimum atomic E-state index is -0.672. The molecule has 3 nitrogen and oxygen atoms in total. The highest BCUT2D eigenvalue weighted by molar-refractivity contribution is 5.06. The summed E-state index contributed by atoms with van der Waals surface area (Å²) in [6, 6.07) is 0.929. The Balaban J connectivity index is 2.16. The molecule has 0 aliphatic carbocycles. The highest BCUT2D eigenvalue weighted by Gasteiger charge is 2.52. The monoisotopic (exact) mass is 227 g/mol. The molecular weight excluding hydrogens is 202 g/mol. The van der Waals surface area contributed by atoms with Gasteiger partial charge in [-0.2, -0.15) is 0 Å². The van der Waals surface area contributed by atoms with Crippen molar-refractivity contribution in [1.29, 1.82) is 0 Å². The van der Waals surface area contributed by atoms with Crippen molar-refractivity contribution in [2.45, 2.75) is 70.1 Å². The Morgan fingerprint density at radius 3 is 2.31 bits per heavy atom. The zero-order valence-electron chi connectivity index (χ0n) is 10.5. The molecule has 3 heteroatoms. The number of hydrogen-bond acceptors (Lipinski definition) is 3. The van der Waals surface area contributed by atoms with E-state index in [1.807, 2.05) is 6.92 Å². The normalized spacial score (nSPS) is 42.0. The quantitative estimate of drug-likeness (QED) is 0.681. The molecule has 2 heterocycles. The summed E-state index contributed by atoms with van der Waals surface area (Å²) >= 11 is 0. The molecule has 0 saturated carbocycles. The fourth-order valence-corrected chi connectivity index (χ4v) is 3.63. The lowest BCUT2D eigenvalue weighted by Gasteiger charge is -2.49. The third kappa shape index (κ3) is 1.89. The highest BCUT2D eigenvalue weighted by Crippen LogP contribution is 2.46. The summed E-state index contributed by atoms with van der Waals surface area (Å²) in [4.78, 5) is 0. The van der Waals surface area contributed by atoms with E-state index in [1.165, 1.54) is 12.8 Å². The van der Waals surface area contributed by atoms with E-state index in [0.717, 1.165) is 25.7 Å². The standard InChI is InChI=1S/C13H25NO2/c1-3-6-12(2,9-15)13(16)7-10-4-5-11(8-13)14-10/h10-11,14-16H,3-9H2,1-2H3. The van der Waals surface area contributed by atoms with E-state index in [1.54, 1.807) is 0 Å². The van der Waals surface area contributed by atoms with Crippen molar-refractivity contribution in [3.63, 3.8) is 0 Å². The number of aliphatic hydroxyl groups is 2. The van der Waals surface area contributed by atoms with E-state index in [-0.39, 0.29) is 12.0 Å². The third-order valence-corrected chi connectivity index (χ3v) is 4.78. The summed E-state index contributed by atoms with van der Waals surface area (Å²) in [5.74, 6) is 0. The predicted octanol–water partition coefficient (Wildman–Crippen LogP) is 1.43. The molecule has 3 N–H and O–H groups in total. The minimum Gasteiger partial charge on any atom is -0.396 e. The second-order valence-corrected chi connectivity index (χ2v) is 6.05. The topological polar surface area (TPSA) is 52.5 Å². The SMILES string of the molecule is CCCC(C)(CO)C1(O)CC2CCC(C1)N2. The molecule has 2 aliphatic rings. The smallest absolute Gasteiger partial charge is 0.0752 e. The molecule has 0 amide bonds.